The lowest BCUT2D eigenvalue weighted by atomic mass is 9.85. The molecule has 1 aliphatic rings. The molecular formula is C21H30N6S. The molecule has 7 heteroatoms. The monoisotopic (exact) mass is 398 g/mol. The summed E-state index contributed by atoms with van der Waals surface area (Å²) in [6, 6.07) is 2.61. The van der Waals surface area contributed by atoms with Crippen LogP contribution in [0.15, 0.2) is 18.6 Å². The van der Waals surface area contributed by atoms with Crippen LogP contribution in [-0.2, 0) is 0 Å². The maximum absolute atomic E-state index is 4.56. The Morgan fingerprint density at radius 3 is 2.71 bits per heavy atom. The van der Waals surface area contributed by atoms with Crippen LogP contribution in [0.2, 0.25) is 0 Å². The van der Waals surface area contributed by atoms with Gasteiger partial charge in [0.2, 0.25) is 0 Å². The van der Waals surface area contributed by atoms with Gasteiger partial charge in [-0.25, -0.2) is 14.5 Å². The van der Waals surface area contributed by atoms with Gasteiger partial charge >= 0.3 is 0 Å². The van der Waals surface area contributed by atoms with Crippen LogP contribution in [0.5, 0.6) is 0 Å². The lowest BCUT2D eigenvalue weighted by Crippen LogP contribution is -2.41. The number of fused-ring (bicyclic) bond motifs is 1. The molecule has 0 aliphatic carbocycles. The number of aromatic nitrogens is 5. The summed E-state index contributed by atoms with van der Waals surface area (Å²) < 4.78 is 1.93. The summed E-state index contributed by atoms with van der Waals surface area (Å²) in [5.74, 6) is 2.34. The van der Waals surface area contributed by atoms with Crippen molar-refractivity contribution in [1.82, 2.24) is 29.5 Å². The summed E-state index contributed by atoms with van der Waals surface area (Å²) in [6.07, 6.45) is 6.08. The Hall–Kier alpha value is -1.86. The molecule has 1 saturated heterocycles. The number of hydrogen-bond donors (Lipinski definition) is 0. The highest BCUT2D eigenvalue weighted by Crippen LogP contribution is 2.40. The standard InChI is InChI=1S/C21H30N6S/c1-13(2)15(4)20(19-10-22-16(5)28-19)26-8-6-7-17(11-26)18-9-14(3)25-21-23-12-24-27(18)21/h9-10,12-13,15,17,20H,6-8,11H2,1-5H3. The van der Waals surface area contributed by atoms with Gasteiger partial charge in [-0.3, -0.25) is 4.90 Å². The number of rotatable bonds is 5. The van der Waals surface area contributed by atoms with Crippen molar-refractivity contribution in [3.05, 3.63) is 39.9 Å². The molecule has 150 valence electrons. The van der Waals surface area contributed by atoms with Gasteiger partial charge in [-0.05, 0) is 51.1 Å². The lowest BCUT2D eigenvalue weighted by Gasteiger charge is -2.41. The van der Waals surface area contributed by atoms with Gasteiger partial charge in [-0.2, -0.15) is 10.1 Å². The molecule has 0 N–H and O–H groups in total. The van der Waals surface area contributed by atoms with E-state index in [1.54, 1.807) is 6.33 Å². The average Bonchev–Trinajstić information content (AvgIpc) is 3.30. The molecule has 0 radical (unpaired) electrons. The van der Waals surface area contributed by atoms with Crippen LogP contribution in [0.25, 0.3) is 5.78 Å². The molecule has 4 heterocycles. The average molecular weight is 399 g/mol. The van der Waals surface area contributed by atoms with E-state index in [4.69, 9.17) is 0 Å². The minimum absolute atomic E-state index is 0.420. The molecule has 3 unspecified atom stereocenters. The first-order chi connectivity index (χ1) is 13.4. The van der Waals surface area contributed by atoms with E-state index in [0.29, 0.717) is 29.6 Å². The molecule has 3 aromatic rings. The zero-order valence-electron chi connectivity index (χ0n) is 17.5. The fraction of sp³-hybridized carbons (Fsp3) is 0.619. The summed E-state index contributed by atoms with van der Waals surface area (Å²) in [6.45, 7) is 13.4. The summed E-state index contributed by atoms with van der Waals surface area (Å²) in [7, 11) is 0. The fourth-order valence-electron chi connectivity index (χ4n) is 4.40. The van der Waals surface area contributed by atoms with Gasteiger partial charge < -0.3 is 0 Å². The third kappa shape index (κ3) is 3.70. The van der Waals surface area contributed by atoms with Gasteiger partial charge in [0.05, 0.1) is 10.7 Å². The van der Waals surface area contributed by atoms with Crippen molar-refractivity contribution in [1.29, 1.82) is 0 Å². The van der Waals surface area contributed by atoms with Crippen molar-refractivity contribution in [2.24, 2.45) is 11.8 Å². The minimum atomic E-state index is 0.420. The first-order valence-electron chi connectivity index (χ1n) is 10.3. The first-order valence-corrected chi connectivity index (χ1v) is 11.1. The van der Waals surface area contributed by atoms with Crippen molar-refractivity contribution >= 4 is 17.1 Å². The Labute approximate surface area is 171 Å². The molecule has 1 aliphatic heterocycles. The van der Waals surface area contributed by atoms with E-state index in [1.807, 2.05) is 22.8 Å². The molecule has 0 spiro atoms. The van der Waals surface area contributed by atoms with E-state index in [-0.39, 0.29) is 0 Å². The Balaban J connectivity index is 1.66. The highest BCUT2D eigenvalue weighted by molar-refractivity contribution is 7.11. The highest BCUT2D eigenvalue weighted by atomic mass is 32.1. The minimum Gasteiger partial charge on any atom is -0.295 e. The molecule has 28 heavy (non-hydrogen) atoms. The highest BCUT2D eigenvalue weighted by Gasteiger charge is 2.34. The molecule has 4 rings (SSSR count). The predicted octanol–water partition coefficient (Wildman–Crippen LogP) is 4.41. The summed E-state index contributed by atoms with van der Waals surface area (Å²) in [5.41, 5.74) is 2.25. The maximum atomic E-state index is 4.56. The molecule has 0 amide bonds. The van der Waals surface area contributed by atoms with Crippen LogP contribution >= 0.6 is 11.3 Å². The number of nitrogens with zero attached hydrogens (tertiary/aromatic N) is 6. The Morgan fingerprint density at radius 1 is 1.18 bits per heavy atom. The van der Waals surface area contributed by atoms with E-state index in [0.717, 1.165) is 23.8 Å². The topological polar surface area (TPSA) is 59.2 Å². The SMILES string of the molecule is Cc1cc(C2CCCN(C(c3cnc(C)s3)C(C)C(C)C)C2)n2ncnc2n1. The zero-order chi connectivity index (χ0) is 19.8. The fourth-order valence-corrected chi connectivity index (χ4v) is 5.44. The number of piperidine rings is 1. The van der Waals surface area contributed by atoms with Gasteiger partial charge in [0, 0.05) is 35.3 Å². The Morgan fingerprint density at radius 2 is 2.00 bits per heavy atom. The summed E-state index contributed by atoms with van der Waals surface area (Å²) in [5, 5.41) is 5.60. The van der Waals surface area contributed by atoms with E-state index in [2.05, 4.69) is 64.9 Å². The Bertz CT molecular complexity index is 945. The molecule has 0 bridgehead atoms. The van der Waals surface area contributed by atoms with Crippen LogP contribution in [0, 0.1) is 25.7 Å². The number of hydrogen-bond acceptors (Lipinski definition) is 6. The molecule has 0 aromatic carbocycles. The molecule has 6 nitrogen and oxygen atoms in total. The van der Waals surface area contributed by atoms with E-state index in [9.17, 15) is 0 Å². The van der Waals surface area contributed by atoms with Gasteiger partial charge in [0.1, 0.15) is 6.33 Å². The van der Waals surface area contributed by atoms with Crippen molar-refractivity contribution in [2.45, 2.75) is 59.4 Å². The summed E-state index contributed by atoms with van der Waals surface area (Å²) >= 11 is 1.85. The molecule has 1 fully saturated rings. The van der Waals surface area contributed by atoms with Crippen LogP contribution in [-0.4, -0.2) is 42.6 Å². The van der Waals surface area contributed by atoms with E-state index < -0.39 is 0 Å². The quantitative estimate of drug-likeness (QED) is 0.637. The van der Waals surface area contributed by atoms with E-state index in [1.165, 1.54) is 23.4 Å². The van der Waals surface area contributed by atoms with Crippen LogP contribution in [0.1, 0.15) is 66.8 Å². The van der Waals surface area contributed by atoms with Gasteiger partial charge in [0.25, 0.3) is 5.78 Å². The van der Waals surface area contributed by atoms with Gasteiger partial charge in [-0.15, -0.1) is 11.3 Å². The second kappa shape index (κ2) is 7.87. The smallest absolute Gasteiger partial charge is 0.252 e. The van der Waals surface area contributed by atoms with Crippen molar-refractivity contribution < 1.29 is 0 Å². The van der Waals surface area contributed by atoms with Crippen molar-refractivity contribution in [3.63, 3.8) is 0 Å². The van der Waals surface area contributed by atoms with Crippen LogP contribution < -0.4 is 0 Å². The molecule has 0 saturated carbocycles. The first kappa shape index (κ1) is 19.5. The molecule has 3 aromatic heterocycles. The predicted molar refractivity (Wildman–Crippen MR) is 113 cm³/mol. The van der Waals surface area contributed by atoms with Crippen LogP contribution in [0.3, 0.4) is 0 Å². The van der Waals surface area contributed by atoms with Crippen molar-refractivity contribution in [2.75, 3.05) is 13.1 Å². The van der Waals surface area contributed by atoms with Crippen molar-refractivity contribution in [3.8, 4) is 0 Å². The normalized spacial score (nSPS) is 20.7. The lowest BCUT2D eigenvalue weighted by molar-refractivity contribution is 0.0934. The van der Waals surface area contributed by atoms with E-state index >= 15 is 0 Å². The molecule has 3 atom stereocenters. The zero-order valence-corrected chi connectivity index (χ0v) is 18.3. The number of thiazole rings is 1. The number of likely N-dealkylation sites (tertiary alicyclic amines) is 1. The second-order valence-corrected chi connectivity index (χ2v) is 9.72. The molecular weight excluding hydrogens is 368 g/mol. The Kier molecular flexibility index (Phi) is 5.47. The number of aryl methyl sites for hydroxylation is 2. The van der Waals surface area contributed by atoms with Gasteiger partial charge in [0.15, 0.2) is 0 Å². The van der Waals surface area contributed by atoms with Crippen LogP contribution in [0.4, 0.5) is 0 Å². The third-order valence-corrected chi connectivity index (χ3v) is 7.14. The largest absolute Gasteiger partial charge is 0.295 e. The maximum Gasteiger partial charge on any atom is 0.252 e. The van der Waals surface area contributed by atoms with Gasteiger partial charge in [-0.1, -0.05) is 20.8 Å². The third-order valence-electron chi connectivity index (χ3n) is 6.15. The summed E-state index contributed by atoms with van der Waals surface area (Å²) in [4.78, 5) is 17.5. The second-order valence-electron chi connectivity index (χ2n) is 8.46.